The minimum absolute atomic E-state index is 0.191. The number of nitrogens with one attached hydrogen (secondary N) is 1. The summed E-state index contributed by atoms with van der Waals surface area (Å²) < 4.78 is 18.8. The highest BCUT2D eigenvalue weighted by Crippen LogP contribution is 2.16. The van der Waals surface area contributed by atoms with Gasteiger partial charge < -0.3 is 10.1 Å². The van der Waals surface area contributed by atoms with E-state index in [0.717, 1.165) is 6.07 Å². The Labute approximate surface area is 142 Å². The lowest BCUT2D eigenvalue weighted by atomic mass is 10.1. The van der Waals surface area contributed by atoms with Crippen molar-refractivity contribution in [3.05, 3.63) is 64.4 Å². The zero-order valence-electron chi connectivity index (χ0n) is 12.6. The quantitative estimate of drug-likeness (QED) is 0.662. The van der Waals surface area contributed by atoms with Gasteiger partial charge in [-0.15, -0.1) is 0 Å². The summed E-state index contributed by atoms with van der Waals surface area (Å²) in [7, 11) is 0. The fourth-order valence-corrected chi connectivity index (χ4v) is 2.12. The lowest BCUT2D eigenvalue weighted by Crippen LogP contribution is -2.16. The Morgan fingerprint density at radius 3 is 2.54 bits per heavy atom. The molecule has 0 aliphatic heterocycles. The minimum atomic E-state index is -0.815. The number of carbonyl (C=O) groups is 3. The van der Waals surface area contributed by atoms with E-state index in [-0.39, 0.29) is 22.7 Å². The third-order valence-electron chi connectivity index (χ3n) is 2.98. The molecule has 0 radical (unpaired) electrons. The maximum atomic E-state index is 13.9. The molecule has 0 saturated heterocycles. The zero-order chi connectivity index (χ0) is 17.7. The largest absolute Gasteiger partial charge is 0.454 e. The molecular formula is C17H13ClFNO4. The van der Waals surface area contributed by atoms with Crippen LogP contribution in [0.4, 0.5) is 10.1 Å². The molecule has 2 aromatic rings. The van der Waals surface area contributed by atoms with Crippen molar-refractivity contribution in [3.8, 4) is 0 Å². The first-order valence-corrected chi connectivity index (χ1v) is 7.27. The van der Waals surface area contributed by atoms with Crippen LogP contribution in [-0.4, -0.2) is 24.3 Å². The summed E-state index contributed by atoms with van der Waals surface area (Å²) in [6.07, 6.45) is 0. The molecule has 0 aromatic heterocycles. The summed E-state index contributed by atoms with van der Waals surface area (Å²) in [6.45, 7) is 0.675. The molecule has 5 nitrogen and oxygen atoms in total. The lowest BCUT2D eigenvalue weighted by Gasteiger charge is -2.07. The number of anilines is 1. The highest BCUT2D eigenvalue weighted by molar-refractivity contribution is 6.30. The number of rotatable bonds is 5. The van der Waals surface area contributed by atoms with Crippen LogP contribution in [0.3, 0.4) is 0 Å². The first-order valence-electron chi connectivity index (χ1n) is 6.90. The third kappa shape index (κ3) is 4.63. The lowest BCUT2D eigenvalue weighted by molar-refractivity contribution is -0.114. The van der Waals surface area contributed by atoms with E-state index in [1.165, 1.54) is 31.2 Å². The Kier molecular flexibility index (Phi) is 5.65. The molecule has 0 unspecified atom stereocenters. The topological polar surface area (TPSA) is 72.5 Å². The predicted molar refractivity (Wildman–Crippen MR) is 86.8 cm³/mol. The number of carbonyl (C=O) groups excluding carboxylic acids is 3. The van der Waals surface area contributed by atoms with Gasteiger partial charge in [0.1, 0.15) is 5.82 Å². The monoisotopic (exact) mass is 349 g/mol. The maximum Gasteiger partial charge on any atom is 0.338 e. The number of benzene rings is 2. The molecule has 0 saturated carbocycles. The highest BCUT2D eigenvalue weighted by Gasteiger charge is 2.16. The molecule has 1 N–H and O–H groups in total. The molecule has 0 aliphatic carbocycles. The van der Waals surface area contributed by atoms with Crippen LogP contribution in [0.1, 0.15) is 27.6 Å². The molecule has 0 spiro atoms. The average Bonchev–Trinajstić information content (AvgIpc) is 2.51. The van der Waals surface area contributed by atoms with Gasteiger partial charge in [-0.1, -0.05) is 17.7 Å². The molecule has 1 amide bonds. The third-order valence-corrected chi connectivity index (χ3v) is 3.22. The van der Waals surface area contributed by atoms with Gasteiger partial charge in [0.05, 0.1) is 11.1 Å². The van der Waals surface area contributed by atoms with E-state index in [9.17, 15) is 18.8 Å². The summed E-state index contributed by atoms with van der Waals surface area (Å²) in [5.41, 5.74) is 0.187. The van der Waals surface area contributed by atoms with Crippen LogP contribution in [0.25, 0.3) is 0 Å². The standard InChI is InChI=1S/C17H13ClFNO4/c1-10(21)20-13-5-6-14(15(19)8-13)16(22)9-24-17(23)11-3-2-4-12(18)7-11/h2-8H,9H2,1H3,(H,20,21). The fraction of sp³-hybridized carbons (Fsp3) is 0.118. The van der Waals surface area contributed by atoms with Gasteiger partial charge >= 0.3 is 5.97 Å². The molecule has 0 atom stereocenters. The van der Waals surface area contributed by atoms with Crippen molar-refractivity contribution in [1.29, 1.82) is 0 Å². The first-order chi connectivity index (χ1) is 11.4. The van der Waals surface area contributed by atoms with Gasteiger partial charge in [-0.3, -0.25) is 9.59 Å². The van der Waals surface area contributed by atoms with Crippen LogP contribution in [0.5, 0.6) is 0 Å². The van der Waals surface area contributed by atoms with Crippen LogP contribution in [0.15, 0.2) is 42.5 Å². The second kappa shape index (κ2) is 7.70. The van der Waals surface area contributed by atoms with Crippen LogP contribution in [0, 0.1) is 5.82 Å². The van der Waals surface area contributed by atoms with Gasteiger partial charge in [-0.05, 0) is 36.4 Å². The van der Waals surface area contributed by atoms with Gasteiger partial charge in [0, 0.05) is 17.6 Å². The summed E-state index contributed by atoms with van der Waals surface area (Å²) >= 11 is 5.76. The number of hydrogen-bond donors (Lipinski definition) is 1. The fourth-order valence-electron chi connectivity index (χ4n) is 1.93. The molecular weight excluding hydrogens is 337 g/mol. The second-order valence-corrected chi connectivity index (χ2v) is 5.32. The number of ketones is 1. The van der Waals surface area contributed by atoms with Crippen molar-refractivity contribution < 1.29 is 23.5 Å². The van der Waals surface area contributed by atoms with E-state index >= 15 is 0 Å². The Morgan fingerprint density at radius 1 is 1.17 bits per heavy atom. The van der Waals surface area contributed by atoms with Crippen LogP contribution in [0.2, 0.25) is 5.02 Å². The summed E-state index contributed by atoms with van der Waals surface area (Å²) in [5.74, 6) is -2.60. The number of amides is 1. The van der Waals surface area contributed by atoms with Crippen LogP contribution in [-0.2, 0) is 9.53 Å². The van der Waals surface area contributed by atoms with Crippen molar-refractivity contribution in [1.82, 2.24) is 0 Å². The summed E-state index contributed by atoms with van der Waals surface area (Å²) in [6, 6.07) is 9.68. The Morgan fingerprint density at radius 2 is 1.92 bits per heavy atom. The van der Waals surface area contributed by atoms with Crippen molar-refractivity contribution in [3.63, 3.8) is 0 Å². The van der Waals surface area contributed by atoms with E-state index < -0.39 is 24.2 Å². The van der Waals surface area contributed by atoms with E-state index in [1.54, 1.807) is 12.1 Å². The summed E-state index contributed by atoms with van der Waals surface area (Å²) in [4.78, 5) is 34.7. The Bertz CT molecular complexity index is 807. The smallest absolute Gasteiger partial charge is 0.338 e. The molecule has 2 rings (SSSR count). The number of esters is 1. The van der Waals surface area contributed by atoms with Crippen molar-refractivity contribution >= 4 is 34.9 Å². The van der Waals surface area contributed by atoms with Crippen LogP contribution < -0.4 is 5.32 Å². The number of halogens is 2. The summed E-state index contributed by atoms with van der Waals surface area (Å²) in [5, 5.41) is 2.76. The van der Waals surface area contributed by atoms with E-state index in [1.807, 2.05) is 0 Å². The van der Waals surface area contributed by atoms with Gasteiger partial charge in [0.25, 0.3) is 0 Å². The van der Waals surface area contributed by atoms with Gasteiger partial charge in [-0.2, -0.15) is 0 Å². The van der Waals surface area contributed by atoms with Crippen molar-refractivity contribution in [2.24, 2.45) is 0 Å². The Hall–Kier alpha value is -2.73. The molecule has 0 fully saturated rings. The molecule has 0 bridgehead atoms. The van der Waals surface area contributed by atoms with Crippen molar-refractivity contribution in [2.75, 3.05) is 11.9 Å². The SMILES string of the molecule is CC(=O)Nc1ccc(C(=O)COC(=O)c2cccc(Cl)c2)c(F)c1. The van der Waals surface area contributed by atoms with E-state index in [0.29, 0.717) is 5.02 Å². The molecule has 0 aliphatic rings. The molecule has 7 heteroatoms. The number of hydrogen-bond acceptors (Lipinski definition) is 4. The van der Waals surface area contributed by atoms with Gasteiger partial charge in [0.2, 0.25) is 11.7 Å². The average molecular weight is 350 g/mol. The number of ether oxygens (including phenoxy) is 1. The first kappa shape index (κ1) is 17.6. The maximum absolute atomic E-state index is 13.9. The second-order valence-electron chi connectivity index (χ2n) is 4.89. The van der Waals surface area contributed by atoms with E-state index in [2.05, 4.69) is 5.32 Å². The van der Waals surface area contributed by atoms with Crippen LogP contribution >= 0.6 is 11.6 Å². The van der Waals surface area contributed by atoms with E-state index in [4.69, 9.17) is 16.3 Å². The highest BCUT2D eigenvalue weighted by atomic mass is 35.5. The zero-order valence-corrected chi connectivity index (χ0v) is 13.4. The molecule has 24 heavy (non-hydrogen) atoms. The molecule has 2 aromatic carbocycles. The number of Topliss-reactive ketones (excluding diaryl/α,β-unsaturated/α-hetero) is 1. The predicted octanol–water partition coefficient (Wildman–Crippen LogP) is 3.48. The minimum Gasteiger partial charge on any atom is -0.454 e. The Balaban J connectivity index is 2.02. The molecule has 0 heterocycles. The van der Waals surface area contributed by atoms with Gasteiger partial charge in [0.15, 0.2) is 6.61 Å². The normalized spacial score (nSPS) is 10.1. The molecule has 124 valence electrons. The van der Waals surface area contributed by atoms with Crippen molar-refractivity contribution in [2.45, 2.75) is 6.92 Å². The van der Waals surface area contributed by atoms with Gasteiger partial charge in [-0.25, -0.2) is 9.18 Å².